The van der Waals surface area contributed by atoms with E-state index in [1.165, 1.54) is 26.4 Å². The molecule has 0 saturated carbocycles. The van der Waals surface area contributed by atoms with Gasteiger partial charge in [0.2, 0.25) is 5.91 Å². The third kappa shape index (κ3) is 5.24. The number of aromatic nitrogens is 1. The Hall–Kier alpha value is -3.11. The van der Waals surface area contributed by atoms with Gasteiger partial charge in [-0.3, -0.25) is 9.52 Å². The Morgan fingerprint density at radius 2 is 1.86 bits per heavy atom. The van der Waals surface area contributed by atoms with Crippen molar-refractivity contribution in [3.63, 3.8) is 0 Å². The first-order valence-electron chi connectivity index (χ1n) is 8.45. The lowest BCUT2D eigenvalue weighted by Gasteiger charge is -2.11. The molecule has 0 radical (unpaired) electrons. The maximum atomic E-state index is 12.4. The molecule has 0 aliphatic heterocycles. The number of hydrogen-bond acceptors (Lipinski definition) is 7. The average molecular weight is 434 g/mol. The van der Waals surface area contributed by atoms with Crippen molar-refractivity contribution in [2.24, 2.45) is 0 Å². The predicted octanol–water partition coefficient (Wildman–Crippen LogP) is 3.14. The molecule has 0 bridgehead atoms. The second-order valence-corrected chi connectivity index (χ2v) is 8.39. The van der Waals surface area contributed by atoms with Crippen LogP contribution in [-0.2, 0) is 21.2 Å². The van der Waals surface area contributed by atoms with Gasteiger partial charge in [0.25, 0.3) is 10.0 Å². The Labute approximate surface area is 172 Å². The molecular formula is C19H19N3O5S2. The fraction of sp³-hybridized carbons (Fsp3) is 0.158. The molecule has 0 aliphatic rings. The minimum Gasteiger partial charge on any atom is -0.497 e. The third-order valence-electron chi connectivity index (χ3n) is 3.85. The number of anilines is 2. The Balaban J connectivity index is 1.67. The summed E-state index contributed by atoms with van der Waals surface area (Å²) < 4.78 is 37.5. The fourth-order valence-corrected chi connectivity index (χ4v) is 4.46. The van der Waals surface area contributed by atoms with Crippen LogP contribution in [0.25, 0.3) is 0 Å². The fourth-order valence-electron chi connectivity index (χ4n) is 2.48. The molecule has 3 aromatic rings. The number of nitrogens with one attached hydrogen (secondary N) is 2. The summed E-state index contributed by atoms with van der Waals surface area (Å²) in [5.41, 5.74) is 0.914. The largest absolute Gasteiger partial charge is 0.497 e. The van der Waals surface area contributed by atoms with E-state index in [2.05, 4.69) is 15.0 Å². The zero-order valence-electron chi connectivity index (χ0n) is 15.7. The SMILES string of the molecule is COc1ccc(OC)c(NC(=O)Cc2csc(NS(=O)(=O)c3ccccc3)n2)c1. The van der Waals surface area contributed by atoms with Gasteiger partial charge in [0.1, 0.15) is 11.5 Å². The van der Waals surface area contributed by atoms with Crippen LogP contribution < -0.4 is 19.5 Å². The van der Waals surface area contributed by atoms with Crippen LogP contribution in [0.2, 0.25) is 0 Å². The minimum atomic E-state index is -3.73. The quantitative estimate of drug-likeness (QED) is 0.565. The molecule has 29 heavy (non-hydrogen) atoms. The zero-order valence-corrected chi connectivity index (χ0v) is 17.3. The van der Waals surface area contributed by atoms with Crippen molar-refractivity contribution in [3.05, 3.63) is 59.6 Å². The third-order valence-corrected chi connectivity index (χ3v) is 6.14. The van der Waals surface area contributed by atoms with E-state index in [1.807, 2.05) is 0 Å². The van der Waals surface area contributed by atoms with Crippen LogP contribution in [0, 0.1) is 0 Å². The van der Waals surface area contributed by atoms with Crippen LogP contribution in [0.5, 0.6) is 11.5 Å². The number of thiazole rings is 1. The number of methoxy groups -OCH3 is 2. The van der Waals surface area contributed by atoms with Crippen LogP contribution in [0.4, 0.5) is 10.8 Å². The lowest BCUT2D eigenvalue weighted by molar-refractivity contribution is -0.115. The number of sulfonamides is 1. The van der Waals surface area contributed by atoms with E-state index in [0.717, 1.165) is 11.3 Å². The first-order valence-corrected chi connectivity index (χ1v) is 10.8. The van der Waals surface area contributed by atoms with Crippen molar-refractivity contribution in [3.8, 4) is 11.5 Å². The highest BCUT2D eigenvalue weighted by atomic mass is 32.2. The lowest BCUT2D eigenvalue weighted by Crippen LogP contribution is -2.16. The highest BCUT2D eigenvalue weighted by Crippen LogP contribution is 2.29. The van der Waals surface area contributed by atoms with Gasteiger partial charge in [-0.15, -0.1) is 11.3 Å². The van der Waals surface area contributed by atoms with Gasteiger partial charge in [-0.2, -0.15) is 0 Å². The summed E-state index contributed by atoms with van der Waals surface area (Å²) in [6, 6.07) is 13.1. The molecule has 3 rings (SSSR count). The van der Waals surface area contributed by atoms with Crippen LogP contribution in [-0.4, -0.2) is 33.5 Å². The molecule has 152 valence electrons. The van der Waals surface area contributed by atoms with Crippen molar-refractivity contribution in [2.45, 2.75) is 11.3 Å². The predicted molar refractivity (Wildman–Crippen MR) is 111 cm³/mol. The summed E-state index contributed by atoms with van der Waals surface area (Å²) in [5, 5.41) is 4.57. The van der Waals surface area contributed by atoms with Crippen LogP contribution >= 0.6 is 11.3 Å². The van der Waals surface area contributed by atoms with Crippen molar-refractivity contribution in [1.29, 1.82) is 0 Å². The van der Waals surface area contributed by atoms with Gasteiger partial charge in [-0.1, -0.05) is 18.2 Å². The van der Waals surface area contributed by atoms with Gasteiger partial charge < -0.3 is 14.8 Å². The van der Waals surface area contributed by atoms with Gasteiger partial charge in [-0.05, 0) is 24.3 Å². The van der Waals surface area contributed by atoms with E-state index in [1.54, 1.807) is 41.8 Å². The molecule has 1 amide bonds. The molecule has 0 saturated heterocycles. The minimum absolute atomic E-state index is 0.0239. The van der Waals surface area contributed by atoms with E-state index in [4.69, 9.17) is 9.47 Å². The highest BCUT2D eigenvalue weighted by Gasteiger charge is 2.17. The molecule has 2 aromatic carbocycles. The van der Waals surface area contributed by atoms with E-state index < -0.39 is 10.0 Å². The van der Waals surface area contributed by atoms with Crippen molar-refractivity contribution < 1.29 is 22.7 Å². The van der Waals surface area contributed by atoms with Crippen LogP contribution in [0.1, 0.15) is 5.69 Å². The Morgan fingerprint density at radius 3 is 2.55 bits per heavy atom. The summed E-state index contributed by atoms with van der Waals surface area (Å²) in [7, 11) is -0.695. The van der Waals surface area contributed by atoms with Gasteiger partial charge in [0.05, 0.1) is 36.9 Å². The van der Waals surface area contributed by atoms with Gasteiger partial charge >= 0.3 is 0 Å². The molecular weight excluding hydrogens is 414 g/mol. The number of benzene rings is 2. The second kappa shape index (κ2) is 8.93. The van der Waals surface area contributed by atoms with Crippen LogP contribution in [0.15, 0.2) is 58.8 Å². The van der Waals surface area contributed by atoms with E-state index in [0.29, 0.717) is 22.9 Å². The van der Waals surface area contributed by atoms with Crippen molar-refractivity contribution in [1.82, 2.24) is 4.98 Å². The average Bonchev–Trinajstić information content (AvgIpc) is 3.14. The molecule has 0 atom stereocenters. The van der Waals surface area contributed by atoms with Crippen molar-refractivity contribution in [2.75, 3.05) is 24.3 Å². The molecule has 1 heterocycles. The number of carbonyl (C=O) groups excluding carboxylic acids is 1. The first kappa shape index (κ1) is 20.6. The van der Waals surface area contributed by atoms with Crippen LogP contribution in [0.3, 0.4) is 0 Å². The maximum Gasteiger partial charge on any atom is 0.263 e. The number of rotatable bonds is 8. The van der Waals surface area contributed by atoms with Gasteiger partial charge in [0, 0.05) is 11.4 Å². The maximum absolute atomic E-state index is 12.4. The van der Waals surface area contributed by atoms with E-state index >= 15 is 0 Å². The number of ether oxygens (including phenoxy) is 2. The Kier molecular flexibility index (Phi) is 6.35. The number of amides is 1. The molecule has 0 spiro atoms. The highest BCUT2D eigenvalue weighted by molar-refractivity contribution is 7.93. The normalized spacial score (nSPS) is 11.0. The monoisotopic (exact) mass is 433 g/mol. The summed E-state index contributed by atoms with van der Waals surface area (Å²) >= 11 is 1.11. The van der Waals surface area contributed by atoms with Gasteiger partial charge in [0.15, 0.2) is 5.13 Å². The first-order chi connectivity index (χ1) is 13.9. The molecule has 2 N–H and O–H groups in total. The van der Waals surface area contributed by atoms with Crippen molar-refractivity contribution >= 4 is 38.1 Å². The summed E-state index contributed by atoms with van der Waals surface area (Å²) in [6.07, 6.45) is -0.0239. The number of carbonyl (C=O) groups is 1. The Morgan fingerprint density at radius 1 is 1.10 bits per heavy atom. The summed E-state index contributed by atoms with van der Waals surface area (Å²) in [6.45, 7) is 0. The molecule has 0 aliphatic carbocycles. The van der Waals surface area contributed by atoms with E-state index in [-0.39, 0.29) is 22.4 Å². The molecule has 0 fully saturated rings. The molecule has 1 aromatic heterocycles. The topological polar surface area (TPSA) is 107 Å². The summed E-state index contributed by atoms with van der Waals surface area (Å²) in [4.78, 5) is 16.7. The summed E-state index contributed by atoms with van der Waals surface area (Å²) in [5.74, 6) is 0.750. The lowest BCUT2D eigenvalue weighted by atomic mass is 10.2. The number of nitrogens with zero attached hydrogens (tertiary/aromatic N) is 1. The second-order valence-electron chi connectivity index (χ2n) is 5.85. The smallest absolute Gasteiger partial charge is 0.263 e. The number of hydrogen-bond donors (Lipinski definition) is 2. The zero-order chi connectivity index (χ0) is 20.9. The molecule has 0 unspecified atom stereocenters. The van der Waals surface area contributed by atoms with Gasteiger partial charge in [-0.25, -0.2) is 13.4 Å². The standard InChI is InChI=1S/C19H19N3O5S2/c1-26-14-8-9-17(27-2)16(11-14)21-18(23)10-13-12-28-19(20-13)22-29(24,25)15-6-4-3-5-7-15/h3-9,11-12H,10H2,1-2H3,(H,20,22)(H,21,23). The molecule has 10 heteroatoms. The van der Waals surface area contributed by atoms with E-state index in [9.17, 15) is 13.2 Å². The molecule has 8 nitrogen and oxygen atoms in total. The Bertz CT molecular complexity index is 1100.